The number of aryl methyl sites for hydroxylation is 3. The highest BCUT2D eigenvalue weighted by Crippen LogP contribution is 2.31. The van der Waals surface area contributed by atoms with E-state index >= 15 is 0 Å². The molecular formula is C17H23N5O. The fraction of sp³-hybridized carbons (Fsp3) is 0.529. The van der Waals surface area contributed by atoms with E-state index in [4.69, 9.17) is 0 Å². The highest BCUT2D eigenvalue weighted by molar-refractivity contribution is 5.80. The number of hydrogen-bond acceptors (Lipinski definition) is 4. The van der Waals surface area contributed by atoms with Gasteiger partial charge in [0.1, 0.15) is 0 Å². The van der Waals surface area contributed by atoms with Gasteiger partial charge in [0.15, 0.2) is 0 Å². The van der Waals surface area contributed by atoms with Crippen LogP contribution in [-0.2, 0) is 18.3 Å². The van der Waals surface area contributed by atoms with E-state index in [-0.39, 0.29) is 11.9 Å². The van der Waals surface area contributed by atoms with E-state index in [2.05, 4.69) is 15.1 Å². The molecule has 1 saturated heterocycles. The molecule has 2 aromatic heterocycles. The molecule has 1 aliphatic rings. The third-order valence-electron chi connectivity index (χ3n) is 4.68. The van der Waals surface area contributed by atoms with Crippen molar-refractivity contribution in [1.82, 2.24) is 24.6 Å². The van der Waals surface area contributed by atoms with Crippen LogP contribution in [0.1, 0.15) is 47.2 Å². The van der Waals surface area contributed by atoms with Crippen LogP contribution in [0.2, 0.25) is 0 Å². The monoisotopic (exact) mass is 313 g/mol. The highest BCUT2D eigenvalue weighted by atomic mass is 16.2. The molecule has 0 saturated carbocycles. The molecule has 23 heavy (non-hydrogen) atoms. The zero-order chi connectivity index (χ0) is 16.6. The van der Waals surface area contributed by atoms with E-state index in [1.807, 2.05) is 37.4 Å². The molecule has 2 aromatic rings. The minimum Gasteiger partial charge on any atom is -0.334 e. The topological polar surface area (TPSA) is 63.9 Å². The number of hydrogen-bond donors (Lipinski definition) is 0. The van der Waals surface area contributed by atoms with E-state index in [0.717, 1.165) is 47.7 Å². The highest BCUT2D eigenvalue weighted by Gasteiger charge is 2.31. The first-order valence-electron chi connectivity index (χ1n) is 8.04. The van der Waals surface area contributed by atoms with Crippen molar-refractivity contribution in [2.75, 3.05) is 6.54 Å². The zero-order valence-corrected chi connectivity index (χ0v) is 14.2. The van der Waals surface area contributed by atoms with Crippen molar-refractivity contribution < 1.29 is 4.79 Å². The quantitative estimate of drug-likeness (QED) is 0.870. The van der Waals surface area contributed by atoms with Crippen LogP contribution in [0.3, 0.4) is 0 Å². The summed E-state index contributed by atoms with van der Waals surface area (Å²) in [6, 6.07) is 0.0483. The Bertz CT molecular complexity index is 737. The molecular weight excluding hydrogens is 290 g/mol. The Morgan fingerprint density at radius 2 is 2.09 bits per heavy atom. The van der Waals surface area contributed by atoms with Crippen molar-refractivity contribution in [3.05, 3.63) is 40.7 Å². The first-order chi connectivity index (χ1) is 11.0. The van der Waals surface area contributed by atoms with Crippen molar-refractivity contribution in [2.24, 2.45) is 7.05 Å². The molecule has 3 heterocycles. The van der Waals surface area contributed by atoms with Gasteiger partial charge in [0.2, 0.25) is 5.91 Å². The molecule has 0 aliphatic carbocycles. The van der Waals surface area contributed by atoms with Gasteiger partial charge in [0.05, 0.1) is 35.7 Å². The Morgan fingerprint density at radius 1 is 1.30 bits per heavy atom. The van der Waals surface area contributed by atoms with Crippen molar-refractivity contribution in [3.8, 4) is 0 Å². The van der Waals surface area contributed by atoms with Crippen LogP contribution in [0.25, 0.3) is 0 Å². The summed E-state index contributed by atoms with van der Waals surface area (Å²) < 4.78 is 1.84. The molecule has 0 N–H and O–H groups in total. The number of carbonyl (C=O) groups excluding carboxylic acids is 1. The molecule has 0 radical (unpaired) electrons. The molecule has 0 aromatic carbocycles. The van der Waals surface area contributed by atoms with Crippen molar-refractivity contribution in [3.63, 3.8) is 0 Å². The van der Waals surface area contributed by atoms with Crippen LogP contribution in [0, 0.1) is 20.8 Å². The lowest BCUT2D eigenvalue weighted by Gasteiger charge is -2.24. The molecule has 1 aliphatic heterocycles. The van der Waals surface area contributed by atoms with Crippen LogP contribution in [0.5, 0.6) is 0 Å². The number of carbonyl (C=O) groups is 1. The molecule has 1 amide bonds. The maximum absolute atomic E-state index is 12.8. The van der Waals surface area contributed by atoms with Gasteiger partial charge in [0, 0.05) is 31.0 Å². The number of likely N-dealkylation sites (tertiary alicyclic amines) is 1. The average Bonchev–Trinajstić information content (AvgIpc) is 3.08. The number of rotatable bonds is 3. The van der Waals surface area contributed by atoms with Gasteiger partial charge in [-0.25, -0.2) is 0 Å². The normalized spacial score (nSPS) is 17.7. The van der Waals surface area contributed by atoms with Gasteiger partial charge in [-0.05, 0) is 33.6 Å². The van der Waals surface area contributed by atoms with Crippen LogP contribution in [-0.4, -0.2) is 37.1 Å². The van der Waals surface area contributed by atoms with Crippen molar-refractivity contribution in [2.45, 2.75) is 46.1 Å². The Kier molecular flexibility index (Phi) is 4.15. The second kappa shape index (κ2) is 6.10. The zero-order valence-electron chi connectivity index (χ0n) is 14.2. The molecule has 0 spiro atoms. The number of amides is 1. The SMILES string of the molecule is Cc1cncc([C@@H]2CCCN2C(=O)Cc2c(C)nn(C)c2C)n1. The lowest BCUT2D eigenvalue weighted by molar-refractivity contribution is -0.131. The molecule has 6 heteroatoms. The predicted octanol–water partition coefficient (Wildman–Crippen LogP) is 2.04. The van der Waals surface area contributed by atoms with Gasteiger partial charge in [-0.2, -0.15) is 5.10 Å². The van der Waals surface area contributed by atoms with Gasteiger partial charge in [-0.3, -0.25) is 19.4 Å². The standard InChI is InChI=1S/C17H23N5O/c1-11-9-18-10-15(19-11)16-6-5-7-22(16)17(23)8-14-12(2)20-21(4)13(14)3/h9-10,16H,5-8H2,1-4H3/t16-/m0/s1. The molecule has 6 nitrogen and oxygen atoms in total. The summed E-state index contributed by atoms with van der Waals surface area (Å²) in [4.78, 5) is 23.6. The molecule has 1 fully saturated rings. The largest absolute Gasteiger partial charge is 0.334 e. The third-order valence-corrected chi connectivity index (χ3v) is 4.68. The van der Waals surface area contributed by atoms with Crippen molar-refractivity contribution in [1.29, 1.82) is 0 Å². The van der Waals surface area contributed by atoms with Crippen LogP contribution >= 0.6 is 0 Å². The Hall–Kier alpha value is -2.24. The van der Waals surface area contributed by atoms with E-state index in [1.54, 1.807) is 12.4 Å². The third kappa shape index (κ3) is 2.98. The maximum atomic E-state index is 12.8. The maximum Gasteiger partial charge on any atom is 0.227 e. The van der Waals surface area contributed by atoms with Crippen LogP contribution < -0.4 is 0 Å². The molecule has 0 bridgehead atoms. The van der Waals surface area contributed by atoms with E-state index in [0.29, 0.717) is 6.42 Å². The summed E-state index contributed by atoms with van der Waals surface area (Å²) in [7, 11) is 1.91. The summed E-state index contributed by atoms with van der Waals surface area (Å²) in [6.07, 6.45) is 5.89. The van der Waals surface area contributed by atoms with E-state index in [1.165, 1.54) is 0 Å². The Balaban J connectivity index is 1.81. The van der Waals surface area contributed by atoms with Gasteiger partial charge in [-0.1, -0.05) is 0 Å². The van der Waals surface area contributed by atoms with E-state index < -0.39 is 0 Å². The predicted molar refractivity (Wildman–Crippen MR) is 86.8 cm³/mol. The minimum atomic E-state index is 0.0483. The summed E-state index contributed by atoms with van der Waals surface area (Å²) in [5.41, 5.74) is 4.82. The Labute approximate surface area is 136 Å². The minimum absolute atomic E-state index is 0.0483. The average molecular weight is 313 g/mol. The van der Waals surface area contributed by atoms with Crippen molar-refractivity contribution >= 4 is 5.91 Å². The summed E-state index contributed by atoms with van der Waals surface area (Å²) in [6.45, 7) is 6.69. The van der Waals surface area contributed by atoms with E-state index in [9.17, 15) is 4.79 Å². The fourth-order valence-electron chi connectivity index (χ4n) is 3.34. The van der Waals surface area contributed by atoms with Crippen LogP contribution in [0.4, 0.5) is 0 Å². The molecule has 122 valence electrons. The van der Waals surface area contributed by atoms with Crippen LogP contribution in [0.15, 0.2) is 12.4 Å². The second-order valence-corrected chi connectivity index (χ2v) is 6.28. The van der Waals surface area contributed by atoms with Gasteiger partial charge >= 0.3 is 0 Å². The fourth-order valence-corrected chi connectivity index (χ4v) is 3.34. The lowest BCUT2D eigenvalue weighted by Crippen LogP contribution is -2.32. The summed E-state index contributed by atoms with van der Waals surface area (Å²) >= 11 is 0. The summed E-state index contributed by atoms with van der Waals surface area (Å²) in [5, 5.41) is 4.40. The number of aromatic nitrogens is 4. The van der Waals surface area contributed by atoms with Gasteiger partial charge in [0.25, 0.3) is 0 Å². The smallest absolute Gasteiger partial charge is 0.227 e. The first-order valence-corrected chi connectivity index (χ1v) is 8.04. The van der Waals surface area contributed by atoms with Gasteiger partial charge in [-0.15, -0.1) is 0 Å². The van der Waals surface area contributed by atoms with Gasteiger partial charge < -0.3 is 4.90 Å². The molecule has 0 unspecified atom stereocenters. The molecule has 1 atom stereocenters. The Morgan fingerprint density at radius 3 is 2.74 bits per heavy atom. The number of nitrogens with zero attached hydrogens (tertiary/aromatic N) is 5. The molecule has 3 rings (SSSR count). The first kappa shape index (κ1) is 15.6. The summed E-state index contributed by atoms with van der Waals surface area (Å²) in [5.74, 6) is 0.148. The second-order valence-electron chi connectivity index (χ2n) is 6.28. The lowest BCUT2D eigenvalue weighted by atomic mass is 10.1.